The van der Waals surface area contributed by atoms with E-state index >= 15 is 0 Å². The Labute approximate surface area is 188 Å². The zero-order valence-corrected chi connectivity index (χ0v) is 18.2. The summed E-state index contributed by atoms with van der Waals surface area (Å²) in [4.78, 5) is 40.7. The Hall–Kier alpha value is -2.97. The molecule has 0 spiro atoms. The summed E-state index contributed by atoms with van der Waals surface area (Å²) in [5.74, 6) is -0.912. The lowest BCUT2D eigenvalue weighted by molar-refractivity contribution is -0.136. The second-order valence-corrected chi connectivity index (χ2v) is 8.58. The maximum Gasteiger partial charge on any atom is 0.294 e. The highest BCUT2D eigenvalue weighted by Crippen LogP contribution is 2.38. The number of fused-ring (bicyclic) bond motifs is 1. The topological polar surface area (TPSA) is 87.2 Å². The van der Waals surface area contributed by atoms with Crippen molar-refractivity contribution in [2.75, 3.05) is 20.2 Å². The molecule has 2 aromatic carbocycles. The number of methoxy groups -OCH3 is 1. The molecule has 2 aliphatic heterocycles. The molecule has 0 bridgehead atoms. The van der Waals surface area contributed by atoms with Gasteiger partial charge in [-0.25, -0.2) is 0 Å². The van der Waals surface area contributed by atoms with Gasteiger partial charge in [0.15, 0.2) is 11.5 Å². The van der Waals surface area contributed by atoms with Crippen molar-refractivity contribution in [3.8, 4) is 11.5 Å². The maximum atomic E-state index is 12.8. The number of phenolic OH excluding ortho intramolecular Hbond substituents is 1. The van der Waals surface area contributed by atoms with Crippen molar-refractivity contribution in [3.05, 3.63) is 63.0 Å². The van der Waals surface area contributed by atoms with E-state index < -0.39 is 11.1 Å². The molecule has 4 rings (SSSR count). The number of amides is 3. The average Bonchev–Trinajstić information content (AvgIpc) is 3.02. The maximum absolute atomic E-state index is 12.8. The number of ether oxygens (including phenoxy) is 1. The van der Waals surface area contributed by atoms with Gasteiger partial charge in [-0.05, 0) is 41.5 Å². The molecule has 1 saturated heterocycles. The number of nitrogens with zero attached hydrogens (tertiary/aromatic N) is 2. The van der Waals surface area contributed by atoms with Crippen LogP contribution >= 0.6 is 23.4 Å². The predicted molar refractivity (Wildman–Crippen MR) is 118 cm³/mol. The standard InChI is InChI=1S/C22H19ClN2O5S/c1-30-17-10-16(23)8-15(20(17)27)9-18-21(28)25(22(29)31-18)12-19(26)24-7-6-13-4-2-3-5-14(13)11-24/h2-5,8-10,27H,6-7,11-12H2,1H3/b18-9-. The van der Waals surface area contributed by atoms with Gasteiger partial charge in [-0.3, -0.25) is 19.3 Å². The van der Waals surface area contributed by atoms with Crippen LogP contribution in [0.1, 0.15) is 16.7 Å². The van der Waals surface area contributed by atoms with Crippen LogP contribution in [0.2, 0.25) is 5.02 Å². The molecule has 0 aromatic heterocycles. The first kappa shape index (κ1) is 21.3. The molecule has 2 aromatic rings. The lowest BCUT2D eigenvalue weighted by Gasteiger charge is -2.29. The fourth-order valence-electron chi connectivity index (χ4n) is 3.58. The number of rotatable bonds is 4. The van der Waals surface area contributed by atoms with Gasteiger partial charge in [0.25, 0.3) is 11.1 Å². The largest absolute Gasteiger partial charge is 0.504 e. The third-order valence-corrected chi connectivity index (χ3v) is 6.35. The van der Waals surface area contributed by atoms with E-state index in [-0.39, 0.29) is 34.4 Å². The number of carbonyl (C=O) groups is 3. The van der Waals surface area contributed by atoms with Gasteiger partial charge in [0.2, 0.25) is 5.91 Å². The smallest absolute Gasteiger partial charge is 0.294 e. The van der Waals surface area contributed by atoms with Crippen molar-refractivity contribution in [2.45, 2.75) is 13.0 Å². The molecule has 3 amide bonds. The first-order chi connectivity index (χ1) is 14.9. The minimum Gasteiger partial charge on any atom is -0.504 e. The Kier molecular flexibility index (Phi) is 5.93. The van der Waals surface area contributed by atoms with Crippen molar-refractivity contribution in [3.63, 3.8) is 0 Å². The van der Waals surface area contributed by atoms with E-state index in [0.717, 1.165) is 16.9 Å². The molecular weight excluding hydrogens is 440 g/mol. The van der Waals surface area contributed by atoms with Gasteiger partial charge < -0.3 is 14.7 Å². The third-order valence-electron chi connectivity index (χ3n) is 5.23. The predicted octanol–water partition coefficient (Wildman–Crippen LogP) is 3.68. The summed E-state index contributed by atoms with van der Waals surface area (Å²) in [5.41, 5.74) is 2.52. The van der Waals surface area contributed by atoms with Gasteiger partial charge in [-0.1, -0.05) is 35.9 Å². The number of hydrogen-bond donors (Lipinski definition) is 1. The number of benzene rings is 2. The van der Waals surface area contributed by atoms with E-state index in [2.05, 4.69) is 0 Å². The van der Waals surface area contributed by atoms with Crippen LogP contribution in [0.4, 0.5) is 4.79 Å². The van der Waals surface area contributed by atoms with Gasteiger partial charge in [0.1, 0.15) is 6.54 Å². The van der Waals surface area contributed by atoms with E-state index in [4.69, 9.17) is 16.3 Å². The molecule has 31 heavy (non-hydrogen) atoms. The molecule has 1 fully saturated rings. The fourth-order valence-corrected chi connectivity index (χ4v) is 4.63. The average molecular weight is 459 g/mol. The summed E-state index contributed by atoms with van der Waals surface area (Å²) < 4.78 is 5.06. The summed E-state index contributed by atoms with van der Waals surface area (Å²) in [6.07, 6.45) is 2.11. The first-order valence-corrected chi connectivity index (χ1v) is 10.7. The van der Waals surface area contributed by atoms with Crippen molar-refractivity contribution >= 4 is 46.5 Å². The SMILES string of the molecule is COc1cc(Cl)cc(/C=C2\SC(=O)N(CC(=O)N3CCc4ccccc4C3)C2=O)c1O. The Balaban J connectivity index is 1.50. The summed E-state index contributed by atoms with van der Waals surface area (Å²) in [6.45, 7) is 0.671. The van der Waals surface area contributed by atoms with Crippen LogP contribution in [0.25, 0.3) is 6.08 Å². The molecule has 2 aliphatic rings. The van der Waals surface area contributed by atoms with Crippen LogP contribution in [-0.4, -0.2) is 52.2 Å². The lowest BCUT2D eigenvalue weighted by Crippen LogP contribution is -2.44. The highest BCUT2D eigenvalue weighted by molar-refractivity contribution is 8.18. The quantitative estimate of drug-likeness (QED) is 0.703. The number of thioether (sulfide) groups is 1. The highest BCUT2D eigenvalue weighted by Gasteiger charge is 2.37. The fraction of sp³-hybridized carbons (Fsp3) is 0.227. The van der Waals surface area contributed by atoms with E-state index in [1.54, 1.807) is 4.90 Å². The van der Waals surface area contributed by atoms with E-state index in [1.807, 2.05) is 24.3 Å². The molecule has 9 heteroatoms. The minimum atomic E-state index is -0.584. The monoisotopic (exact) mass is 458 g/mol. The van der Waals surface area contributed by atoms with Crippen LogP contribution in [-0.2, 0) is 22.6 Å². The lowest BCUT2D eigenvalue weighted by atomic mass is 10.00. The number of phenols is 1. The summed E-state index contributed by atoms with van der Waals surface area (Å²) in [5, 5.41) is 10.1. The molecule has 0 atom stereocenters. The Morgan fingerprint density at radius 1 is 1.26 bits per heavy atom. The number of imide groups is 1. The van der Waals surface area contributed by atoms with Crippen molar-refractivity contribution in [1.29, 1.82) is 0 Å². The zero-order valence-electron chi connectivity index (χ0n) is 16.6. The third kappa shape index (κ3) is 4.26. The van der Waals surface area contributed by atoms with Gasteiger partial charge in [0.05, 0.1) is 12.0 Å². The van der Waals surface area contributed by atoms with Gasteiger partial charge in [-0.2, -0.15) is 0 Å². The Morgan fingerprint density at radius 3 is 2.74 bits per heavy atom. The molecule has 0 aliphatic carbocycles. The Bertz CT molecular complexity index is 1120. The van der Waals surface area contributed by atoms with Crippen LogP contribution < -0.4 is 4.74 Å². The van der Waals surface area contributed by atoms with Gasteiger partial charge in [-0.15, -0.1) is 0 Å². The van der Waals surface area contributed by atoms with Crippen LogP contribution in [0, 0.1) is 0 Å². The van der Waals surface area contributed by atoms with Crippen molar-refractivity contribution < 1.29 is 24.2 Å². The van der Waals surface area contributed by atoms with Crippen molar-refractivity contribution in [2.24, 2.45) is 0 Å². The molecule has 0 radical (unpaired) electrons. The number of halogens is 1. The highest BCUT2D eigenvalue weighted by atomic mass is 35.5. The molecule has 0 saturated carbocycles. The summed E-state index contributed by atoms with van der Waals surface area (Å²) >= 11 is 6.75. The summed E-state index contributed by atoms with van der Waals surface area (Å²) in [7, 11) is 1.38. The number of hydrogen-bond acceptors (Lipinski definition) is 6. The molecule has 1 N–H and O–H groups in total. The second-order valence-electron chi connectivity index (χ2n) is 7.15. The van der Waals surface area contributed by atoms with E-state index in [1.165, 1.54) is 30.9 Å². The number of carbonyl (C=O) groups excluding carboxylic acids is 3. The molecule has 160 valence electrons. The zero-order chi connectivity index (χ0) is 22.1. The summed E-state index contributed by atoms with van der Waals surface area (Å²) in [6, 6.07) is 10.8. The van der Waals surface area contributed by atoms with Crippen LogP contribution in [0.15, 0.2) is 41.3 Å². The molecule has 7 nitrogen and oxygen atoms in total. The molecular formula is C22H19ClN2O5S. The number of aromatic hydroxyl groups is 1. The van der Waals surface area contributed by atoms with Crippen LogP contribution in [0.3, 0.4) is 0 Å². The van der Waals surface area contributed by atoms with Gasteiger partial charge in [0, 0.05) is 29.7 Å². The van der Waals surface area contributed by atoms with Gasteiger partial charge >= 0.3 is 0 Å². The minimum absolute atomic E-state index is 0.0985. The normalized spacial score (nSPS) is 17.3. The van der Waals surface area contributed by atoms with Crippen LogP contribution in [0.5, 0.6) is 11.5 Å². The molecule has 2 heterocycles. The van der Waals surface area contributed by atoms with Crippen molar-refractivity contribution in [1.82, 2.24) is 9.80 Å². The first-order valence-electron chi connectivity index (χ1n) is 9.54. The molecule has 0 unspecified atom stereocenters. The van der Waals surface area contributed by atoms with E-state index in [9.17, 15) is 19.5 Å². The van der Waals surface area contributed by atoms with E-state index in [0.29, 0.717) is 29.9 Å². The second kappa shape index (κ2) is 8.64. The Morgan fingerprint density at radius 2 is 2.00 bits per heavy atom.